The van der Waals surface area contributed by atoms with Crippen LogP contribution in [-0.4, -0.2) is 56.1 Å². The highest BCUT2D eigenvalue weighted by Crippen LogP contribution is 2.57. The summed E-state index contributed by atoms with van der Waals surface area (Å²) >= 11 is 0. The quantitative estimate of drug-likeness (QED) is 0.821. The van der Waals surface area contributed by atoms with Gasteiger partial charge in [0.25, 0.3) is 5.91 Å². The molecule has 7 nitrogen and oxygen atoms in total. The van der Waals surface area contributed by atoms with Crippen molar-refractivity contribution >= 4 is 11.6 Å². The van der Waals surface area contributed by atoms with E-state index < -0.39 is 17.6 Å². The minimum Gasteiger partial charge on any atom is -0.497 e. The van der Waals surface area contributed by atoms with E-state index in [-0.39, 0.29) is 29.8 Å². The fraction of sp³-hybridized carbons (Fsp3) is 0.650. The summed E-state index contributed by atoms with van der Waals surface area (Å²) in [7, 11) is 3.09. The van der Waals surface area contributed by atoms with E-state index in [1.807, 2.05) is 18.2 Å². The average molecular weight is 374 g/mol. The van der Waals surface area contributed by atoms with Crippen molar-refractivity contribution < 1.29 is 24.2 Å². The minimum absolute atomic E-state index is 0.115. The summed E-state index contributed by atoms with van der Waals surface area (Å²) < 4.78 is 11.5. The van der Waals surface area contributed by atoms with Crippen LogP contribution in [0.15, 0.2) is 18.2 Å². The Labute approximate surface area is 158 Å². The smallest absolute Gasteiger partial charge is 0.264 e. The van der Waals surface area contributed by atoms with Crippen molar-refractivity contribution in [3.8, 4) is 5.75 Å². The number of ether oxygens (including phenoxy) is 2. The molecule has 1 aromatic carbocycles. The molecule has 2 N–H and O–H groups in total. The first kappa shape index (κ1) is 17.4. The first-order valence-corrected chi connectivity index (χ1v) is 9.69. The summed E-state index contributed by atoms with van der Waals surface area (Å²) in [6, 6.07) is 6.00. The maximum atomic E-state index is 13.6. The van der Waals surface area contributed by atoms with Crippen molar-refractivity contribution in [3.63, 3.8) is 0 Å². The largest absolute Gasteiger partial charge is 0.497 e. The Morgan fingerprint density at radius 2 is 2.22 bits per heavy atom. The molecule has 146 valence electrons. The Balaban J connectivity index is 1.68. The number of hydrogen-bond acceptors (Lipinski definition) is 6. The second kappa shape index (κ2) is 5.91. The summed E-state index contributed by atoms with van der Waals surface area (Å²) in [5.41, 5.74) is 0.574. The fourth-order valence-electron chi connectivity index (χ4n) is 6.05. The van der Waals surface area contributed by atoms with Crippen LogP contribution in [0.5, 0.6) is 5.75 Å². The van der Waals surface area contributed by atoms with Crippen molar-refractivity contribution in [3.05, 3.63) is 23.8 Å². The number of aliphatic hydroxyl groups is 1. The third-order valence-corrected chi connectivity index (χ3v) is 7.20. The lowest BCUT2D eigenvalue weighted by Crippen LogP contribution is -2.59. The summed E-state index contributed by atoms with van der Waals surface area (Å²) in [4.78, 5) is 19.1. The number of hydroxylamine groups is 1. The number of carbonyl (C=O) groups excluding carboxylic acids is 1. The lowest BCUT2D eigenvalue weighted by Gasteiger charge is -2.43. The van der Waals surface area contributed by atoms with Crippen LogP contribution in [0, 0.1) is 11.8 Å². The third-order valence-electron chi connectivity index (χ3n) is 7.20. The van der Waals surface area contributed by atoms with Gasteiger partial charge in [-0.3, -0.25) is 9.63 Å². The zero-order chi connectivity index (χ0) is 18.9. The van der Waals surface area contributed by atoms with Crippen molar-refractivity contribution in [2.75, 3.05) is 25.9 Å². The van der Waals surface area contributed by atoms with Gasteiger partial charge in [0.1, 0.15) is 17.3 Å². The summed E-state index contributed by atoms with van der Waals surface area (Å²) in [6.07, 6.45) is 0.300. The number of hydrogen-bond donors (Lipinski definition) is 2. The Bertz CT molecular complexity index is 786. The highest BCUT2D eigenvalue weighted by atomic mass is 16.7. The van der Waals surface area contributed by atoms with Crippen molar-refractivity contribution in [2.45, 2.75) is 49.5 Å². The third kappa shape index (κ3) is 2.03. The number of carbonyl (C=O) groups is 1. The van der Waals surface area contributed by atoms with E-state index in [1.54, 1.807) is 7.11 Å². The van der Waals surface area contributed by atoms with E-state index in [0.717, 1.165) is 12.0 Å². The van der Waals surface area contributed by atoms with Gasteiger partial charge in [0.05, 0.1) is 32.6 Å². The van der Waals surface area contributed by atoms with E-state index in [0.29, 0.717) is 24.5 Å². The topological polar surface area (TPSA) is 80.3 Å². The SMILES string of the molecule is CCC1NC2CC3(C(=O)N(OC)c4cc(OC)ccc43)C3OCC2C1C3O. The molecule has 1 aromatic rings. The number of methoxy groups -OCH3 is 1. The van der Waals surface area contributed by atoms with Crippen LogP contribution in [0.2, 0.25) is 0 Å². The van der Waals surface area contributed by atoms with Gasteiger partial charge in [-0.1, -0.05) is 13.0 Å². The molecule has 6 rings (SSSR count). The van der Waals surface area contributed by atoms with E-state index in [2.05, 4.69) is 12.2 Å². The van der Waals surface area contributed by atoms with Crippen LogP contribution in [0.3, 0.4) is 0 Å². The van der Waals surface area contributed by atoms with Crippen LogP contribution in [0.4, 0.5) is 5.69 Å². The molecule has 7 atom stereocenters. The molecule has 0 radical (unpaired) electrons. The van der Waals surface area contributed by atoms with Crippen LogP contribution in [-0.2, 0) is 19.8 Å². The zero-order valence-electron chi connectivity index (χ0n) is 15.8. The highest BCUT2D eigenvalue weighted by molar-refractivity contribution is 6.07. The average Bonchev–Trinajstić information content (AvgIpc) is 3.05. The molecule has 4 heterocycles. The standard InChI is InChI=1S/C20H26N2O5/c1-4-13-16-11-9-27-18(17(16)23)20(8-14(11)21-13)12-6-5-10(25-2)7-15(12)22(26-3)19(20)24/h5-7,11,13-14,16-18,21,23H,4,8-9H2,1-3H3. The van der Waals surface area contributed by atoms with Gasteiger partial charge in [0.2, 0.25) is 0 Å². The molecule has 5 aliphatic rings. The Kier molecular flexibility index (Phi) is 3.82. The number of fused-ring (bicyclic) bond motifs is 2. The number of nitrogens with one attached hydrogen (secondary N) is 1. The molecule has 1 saturated carbocycles. The van der Waals surface area contributed by atoms with Crippen LogP contribution < -0.4 is 15.1 Å². The molecule has 1 spiro atoms. The molecule has 3 saturated heterocycles. The number of benzene rings is 1. The first-order chi connectivity index (χ1) is 13.1. The molecule has 1 amide bonds. The van der Waals surface area contributed by atoms with Gasteiger partial charge >= 0.3 is 0 Å². The Hall–Kier alpha value is -1.67. The van der Waals surface area contributed by atoms with E-state index in [9.17, 15) is 9.90 Å². The molecule has 1 aliphatic carbocycles. The second-order valence-electron chi connectivity index (χ2n) is 8.11. The van der Waals surface area contributed by atoms with Gasteiger partial charge in [0, 0.05) is 30.0 Å². The van der Waals surface area contributed by atoms with Crippen LogP contribution in [0.25, 0.3) is 0 Å². The monoisotopic (exact) mass is 374 g/mol. The Morgan fingerprint density at radius 3 is 2.93 bits per heavy atom. The van der Waals surface area contributed by atoms with Crippen LogP contribution in [0.1, 0.15) is 25.3 Å². The maximum absolute atomic E-state index is 13.6. The molecule has 4 bridgehead atoms. The molecule has 4 fully saturated rings. The summed E-state index contributed by atoms with van der Waals surface area (Å²) in [6.45, 7) is 2.72. The van der Waals surface area contributed by atoms with Gasteiger partial charge in [0.15, 0.2) is 0 Å². The molecule has 7 heteroatoms. The van der Waals surface area contributed by atoms with Gasteiger partial charge in [-0.2, -0.15) is 5.06 Å². The molecule has 7 unspecified atom stereocenters. The predicted molar refractivity (Wildman–Crippen MR) is 97.5 cm³/mol. The lowest BCUT2D eigenvalue weighted by molar-refractivity contribution is -0.159. The number of anilines is 1. The Morgan fingerprint density at radius 1 is 1.41 bits per heavy atom. The molecule has 27 heavy (non-hydrogen) atoms. The summed E-state index contributed by atoms with van der Waals surface area (Å²) in [5.74, 6) is 0.835. The van der Waals surface area contributed by atoms with Crippen molar-refractivity contribution in [2.24, 2.45) is 11.8 Å². The molecular weight excluding hydrogens is 348 g/mol. The van der Waals surface area contributed by atoms with Gasteiger partial charge in [-0.05, 0) is 24.5 Å². The second-order valence-corrected chi connectivity index (χ2v) is 8.11. The van der Waals surface area contributed by atoms with Gasteiger partial charge in [-0.15, -0.1) is 0 Å². The number of rotatable bonds is 3. The minimum atomic E-state index is -0.948. The van der Waals surface area contributed by atoms with E-state index in [4.69, 9.17) is 14.3 Å². The normalized spacial score (nSPS) is 41.9. The number of nitrogens with zero attached hydrogens (tertiary/aromatic N) is 1. The maximum Gasteiger partial charge on any atom is 0.264 e. The van der Waals surface area contributed by atoms with Crippen molar-refractivity contribution in [1.29, 1.82) is 0 Å². The highest BCUT2D eigenvalue weighted by Gasteiger charge is 2.68. The first-order valence-electron chi connectivity index (χ1n) is 9.69. The molecular formula is C20H26N2O5. The molecule has 4 aliphatic heterocycles. The predicted octanol–water partition coefficient (Wildman–Crippen LogP) is 0.987. The number of amides is 1. The van der Waals surface area contributed by atoms with Gasteiger partial charge < -0.3 is 19.9 Å². The summed E-state index contributed by atoms with van der Waals surface area (Å²) in [5, 5.41) is 16.3. The van der Waals surface area contributed by atoms with Gasteiger partial charge in [-0.25, -0.2) is 0 Å². The van der Waals surface area contributed by atoms with E-state index in [1.165, 1.54) is 12.2 Å². The zero-order valence-corrected chi connectivity index (χ0v) is 15.8. The molecule has 0 aromatic heterocycles. The van der Waals surface area contributed by atoms with Crippen LogP contribution >= 0.6 is 0 Å². The van der Waals surface area contributed by atoms with E-state index >= 15 is 0 Å². The fourth-order valence-corrected chi connectivity index (χ4v) is 6.05. The lowest BCUT2D eigenvalue weighted by atomic mass is 9.70. The number of aliphatic hydroxyl groups excluding tert-OH is 1. The van der Waals surface area contributed by atoms with Crippen molar-refractivity contribution in [1.82, 2.24) is 5.32 Å².